The van der Waals surface area contributed by atoms with E-state index in [4.69, 9.17) is 0 Å². The molecule has 24 heavy (non-hydrogen) atoms. The highest BCUT2D eigenvalue weighted by molar-refractivity contribution is 6.03. The highest BCUT2D eigenvalue weighted by atomic mass is 16.3. The van der Waals surface area contributed by atoms with Gasteiger partial charge in [-0.15, -0.1) is 0 Å². The molecule has 0 radical (unpaired) electrons. The van der Waals surface area contributed by atoms with Crippen LogP contribution in [0.3, 0.4) is 0 Å². The lowest BCUT2D eigenvalue weighted by atomic mass is 9.87. The summed E-state index contributed by atoms with van der Waals surface area (Å²) in [5.74, 6) is 0.294. The molecule has 3 heteroatoms. The minimum atomic E-state index is -0.0282. The number of fused-ring (bicyclic) bond motifs is 1. The first-order chi connectivity index (χ1) is 11.4. The molecule has 0 aliphatic heterocycles. The van der Waals surface area contributed by atoms with Crippen molar-refractivity contribution in [2.75, 3.05) is 0 Å². The average molecular weight is 319 g/mol. The Balaban J connectivity index is 2.08. The molecule has 3 aromatic rings. The Hall–Kier alpha value is -2.81. The minimum absolute atomic E-state index is 0.0282. The summed E-state index contributed by atoms with van der Waals surface area (Å²) in [5, 5.41) is 22.2. The Bertz CT molecular complexity index is 921. The molecule has 122 valence electrons. The fourth-order valence-corrected chi connectivity index (χ4v) is 2.65. The van der Waals surface area contributed by atoms with Crippen molar-refractivity contribution in [3.8, 4) is 11.5 Å². The Morgan fingerprint density at radius 3 is 2.33 bits per heavy atom. The number of benzene rings is 3. The SMILES string of the molecule is CC(C)(C)c1ccc(O)c(N=Cc2c(O)ccc3ccccc23)c1. The van der Waals surface area contributed by atoms with Crippen LogP contribution in [0.4, 0.5) is 5.69 Å². The van der Waals surface area contributed by atoms with Crippen LogP contribution < -0.4 is 0 Å². The Morgan fingerprint density at radius 2 is 1.58 bits per heavy atom. The van der Waals surface area contributed by atoms with Gasteiger partial charge in [0.2, 0.25) is 0 Å². The van der Waals surface area contributed by atoms with E-state index in [1.165, 1.54) is 0 Å². The summed E-state index contributed by atoms with van der Waals surface area (Å²) >= 11 is 0. The summed E-state index contributed by atoms with van der Waals surface area (Å²) in [4.78, 5) is 4.43. The molecule has 0 saturated heterocycles. The maximum Gasteiger partial charge on any atom is 0.141 e. The molecule has 0 bridgehead atoms. The summed E-state index contributed by atoms with van der Waals surface area (Å²) in [7, 11) is 0. The highest BCUT2D eigenvalue weighted by Gasteiger charge is 2.15. The second-order valence-electron chi connectivity index (χ2n) is 6.93. The fourth-order valence-electron chi connectivity index (χ4n) is 2.65. The first kappa shape index (κ1) is 16.1. The molecule has 0 unspecified atom stereocenters. The van der Waals surface area contributed by atoms with Gasteiger partial charge in [-0.1, -0.05) is 57.2 Å². The molecule has 0 atom stereocenters. The fraction of sp³-hybridized carbons (Fsp3) is 0.190. The van der Waals surface area contributed by atoms with E-state index in [1.54, 1.807) is 18.3 Å². The number of hydrogen-bond acceptors (Lipinski definition) is 3. The van der Waals surface area contributed by atoms with Crippen LogP contribution in [-0.2, 0) is 5.41 Å². The molecule has 0 aliphatic rings. The summed E-state index contributed by atoms with van der Waals surface area (Å²) in [6.45, 7) is 6.34. The Morgan fingerprint density at radius 1 is 0.875 bits per heavy atom. The van der Waals surface area contributed by atoms with E-state index < -0.39 is 0 Å². The van der Waals surface area contributed by atoms with Crippen LogP contribution in [0.2, 0.25) is 0 Å². The van der Waals surface area contributed by atoms with Crippen molar-refractivity contribution in [1.82, 2.24) is 0 Å². The maximum absolute atomic E-state index is 10.2. The number of aliphatic imine (C=N–C) groups is 1. The van der Waals surface area contributed by atoms with Gasteiger partial charge in [-0.25, -0.2) is 0 Å². The van der Waals surface area contributed by atoms with E-state index in [0.29, 0.717) is 11.3 Å². The summed E-state index contributed by atoms with van der Waals surface area (Å²) < 4.78 is 0. The topological polar surface area (TPSA) is 52.8 Å². The summed E-state index contributed by atoms with van der Waals surface area (Å²) in [6, 6.07) is 16.8. The van der Waals surface area contributed by atoms with Crippen molar-refractivity contribution < 1.29 is 10.2 Å². The normalized spacial score (nSPS) is 12.1. The molecule has 3 nitrogen and oxygen atoms in total. The van der Waals surface area contributed by atoms with Crippen LogP contribution in [-0.4, -0.2) is 16.4 Å². The smallest absolute Gasteiger partial charge is 0.141 e. The maximum atomic E-state index is 10.2. The van der Waals surface area contributed by atoms with Crippen molar-refractivity contribution in [3.63, 3.8) is 0 Å². The van der Waals surface area contributed by atoms with Gasteiger partial charge < -0.3 is 10.2 Å². The molecule has 0 aliphatic carbocycles. The Kier molecular flexibility index (Phi) is 4.02. The second-order valence-corrected chi connectivity index (χ2v) is 6.93. The second kappa shape index (κ2) is 6.00. The van der Waals surface area contributed by atoms with E-state index in [9.17, 15) is 10.2 Å². The zero-order chi connectivity index (χ0) is 17.3. The van der Waals surface area contributed by atoms with Crippen molar-refractivity contribution in [2.45, 2.75) is 26.2 Å². The number of aromatic hydroxyl groups is 2. The third-order valence-corrected chi connectivity index (χ3v) is 4.12. The minimum Gasteiger partial charge on any atom is -0.507 e. The van der Waals surface area contributed by atoms with Gasteiger partial charge in [0, 0.05) is 11.8 Å². The zero-order valence-corrected chi connectivity index (χ0v) is 14.1. The molecule has 0 amide bonds. The predicted octanol–water partition coefficient (Wildman–Crippen LogP) is 5.30. The zero-order valence-electron chi connectivity index (χ0n) is 14.1. The van der Waals surface area contributed by atoms with Crippen LogP contribution in [0.25, 0.3) is 10.8 Å². The van der Waals surface area contributed by atoms with Crippen molar-refractivity contribution >= 4 is 22.7 Å². The van der Waals surface area contributed by atoms with Gasteiger partial charge in [-0.3, -0.25) is 4.99 Å². The number of rotatable bonds is 2. The van der Waals surface area contributed by atoms with Gasteiger partial charge in [0.1, 0.15) is 17.2 Å². The third kappa shape index (κ3) is 3.11. The number of phenolic OH excluding ortho intramolecular Hbond substituents is 2. The molecule has 0 fully saturated rings. The number of nitrogens with zero attached hydrogens (tertiary/aromatic N) is 1. The molecule has 0 aromatic heterocycles. The number of hydrogen-bond donors (Lipinski definition) is 2. The average Bonchev–Trinajstić information content (AvgIpc) is 2.54. The lowest BCUT2D eigenvalue weighted by molar-refractivity contribution is 0.474. The van der Waals surface area contributed by atoms with E-state index in [0.717, 1.165) is 16.3 Å². The molecule has 3 rings (SSSR count). The third-order valence-electron chi connectivity index (χ3n) is 4.12. The molecule has 2 N–H and O–H groups in total. The molecular formula is C21H21NO2. The molecular weight excluding hydrogens is 298 g/mol. The first-order valence-corrected chi connectivity index (χ1v) is 7.94. The van der Waals surface area contributed by atoms with Gasteiger partial charge in [0.15, 0.2) is 0 Å². The Labute approximate surface area is 141 Å². The van der Waals surface area contributed by atoms with Gasteiger partial charge in [-0.2, -0.15) is 0 Å². The van der Waals surface area contributed by atoms with Gasteiger partial charge >= 0.3 is 0 Å². The lowest BCUT2D eigenvalue weighted by Gasteiger charge is -2.19. The van der Waals surface area contributed by atoms with Gasteiger partial charge in [0.05, 0.1) is 0 Å². The molecule has 0 heterocycles. The monoisotopic (exact) mass is 319 g/mol. The van der Waals surface area contributed by atoms with Gasteiger partial charge in [0.25, 0.3) is 0 Å². The highest BCUT2D eigenvalue weighted by Crippen LogP contribution is 2.33. The van der Waals surface area contributed by atoms with Crippen LogP contribution in [0, 0.1) is 0 Å². The van der Waals surface area contributed by atoms with Crippen LogP contribution in [0.15, 0.2) is 59.6 Å². The standard InChI is InChI=1S/C21H21NO2/c1-21(2,3)15-9-11-20(24)18(12-15)22-13-17-16-7-5-4-6-14(16)8-10-19(17)23/h4-13,23-24H,1-3H3. The van der Waals surface area contributed by atoms with Crippen molar-refractivity contribution in [2.24, 2.45) is 4.99 Å². The van der Waals surface area contributed by atoms with E-state index in [1.807, 2.05) is 42.5 Å². The molecule has 3 aromatic carbocycles. The molecule has 0 spiro atoms. The van der Waals surface area contributed by atoms with Crippen LogP contribution in [0.1, 0.15) is 31.9 Å². The van der Waals surface area contributed by atoms with Crippen LogP contribution in [0.5, 0.6) is 11.5 Å². The summed E-state index contributed by atoms with van der Waals surface area (Å²) in [5.41, 5.74) is 2.21. The van der Waals surface area contributed by atoms with Gasteiger partial charge in [-0.05, 0) is 39.9 Å². The molecule has 0 saturated carbocycles. The lowest BCUT2D eigenvalue weighted by Crippen LogP contribution is -2.10. The van der Waals surface area contributed by atoms with E-state index in [2.05, 4.69) is 25.8 Å². The predicted molar refractivity (Wildman–Crippen MR) is 99.7 cm³/mol. The first-order valence-electron chi connectivity index (χ1n) is 7.94. The van der Waals surface area contributed by atoms with E-state index in [-0.39, 0.29) is 16.9 Å². The quantitative estimate of drug-likeness (QED) is 0.630. The van der Waals surface area contributed by atoms with Crippen LogP contribution >= 0.6 is 0 Å². The largest absolute Gasteiger partial charge is 0.507 e. The van der Waals surface area contributed by atoms with Crippen molar-refractivity contribution in [1.29, 1.82) is 0 Å². The van der Waals surface area contributed by atoms with Crippen molar-refractivity contribution in [3.05, 3.63) is 65.7 Å². The summed E-state index contributed by atoms with van der Waals surface area (Å²) in [6.07, 6.45) is 1.61. The van der Waals surface area contributed by atoms with E-state index >= 15 is 0 Å². The number of phenols is 2.